The van der Waals surface area contributed by atoms with Crippen molar-refractivity contribution in [1.29, 1.82) is 0 Å². The van der Waals surface area contributed by atoms with E-state index < -0.39 is 0 Å². The largest absolute Gasteiger partial charge is 0.314 e. The van der Waals surface area contributed by atoms with Crippen LogP contribution in [0.25, 0.3) is 0 Å². The average molecular weight is 189 g/mol. The van der Waals surface area contributed by atoms with Crippen molar-refractivity contribution < 1.29 is 0 Å². The van der Waals surface area contributed by atoms with Crippen molar-refractivity contribution >= 4 is 0 Å². The molecule has 0 aliphatic carbocycles. The molecule has 2 nitrogen and oxygen atoms in total. The van der Waals surface area contributed by atoms with E-state index in [9.17, 15) is 0 Å². The van der Waals surface area contributed by atoms with Crippen LogP contribution in [0.3, 0.4) is 0 Å². The van der Waals surface area contributed by atoms with Gasteiger partial charge >= 0.3 is 0 Å². The molecule has 1 atom stereocenters. The average Bonchev–Trinajstić information content (AvgIpc) is 2.48. The predicted octanol–water partition coefficient (Wildman–Crippen LogP) is 1.96. The standard InChI is InChI=1S/C12H17N2/c1-2-4-12(14-7-3-1)10-11-5-8-13-9-6-11/h5-6,8,12,14H,1-4,7,10H2. The zero-order valence-corrected chi connectivity index (χ0v) is 8.50. The number of hydrogen-bond donors (Lipinski definition) is 1. The summed E-state index contributed by atoms with van der Waals surface area (Å²) >= 11 is 0. The SMILES string of the molecule is [c]1cc(CC2CCCCCN2)ccn1. The Morgan fingerprint density at radius 2 is 2.43 bits per heavy atom. The van der Waals surface area contributed by atoms with E-state index in [1.807, 2.05) is 12.3 Å². The number of rotatable bonds is 2. The van der Waals surface area contributed by atoms with Gasteiger partial charge in [-0.3, -0.25) is 4.98 Å². The van der Waals surface area contributed by atoms with Crippen LogP contribution in [0, 0.1) is 6.20 Å². The fourth-order valence-corrected chi connectivity index (χ4v) is 2.03. The number of aromatic nitrogens is 1. The molecule has 0 amide bonds. The van der Waals surface area contributed by atoms with E-state index in [1.54, 1.807) is 0 Å². The molecule has 1 aromatic heterocycles. The molecule has 0 saturated carbocycles. The van der Waals surface area contributed by atoms with Crippen LogP contribution in [0.1, 0.15) is 31.2 Å². The first-order valence-electron chi connectivity index (χ1n) is 5.49. The predicted molar refractivity (Wildman–Crippen MR) is 57.0 cm³/mol. The van der Waals surface area contributed by atoms with E-state index in [0.717, 1.165) is 6.42 Å². The first kappa shape index (κ1) is 9.66. The summed E-state index contributed by atoms with van der Waals surface area (Å²) in [5.74, 6) is 0. The highest BCUT2D eigenvalue weighted by atomic mass is 14.9. The van der Waals surface area contributed by atoms with Gasteiger partial charge in [-0.05, 0) is 43.5 Å². The van der Waals surface area contributed by atoms with E-state index in [2.05, 4.69) is 22.6 Å². The van der Waals surface area contributed by atoms with Crippen molar-refractivity contribution in [3.05, 3.63) is 30.1 Å². The Bertz CT molecular complexity index is 250. The molecule has 1 fully saturated rings. The van der Waals surface area contributed by atoms with Gasteiger partial charge in [-0.2, -0.15) is 0 Å². The lowest BCUT2D eigenvalue weighted by Gasteiger charge is -2.15. The van der Waals surface area contributed by atoms with Crippen LogP contribution < -0.4 is 5.32 Å². The summed E-state index contributed by atoms with van der Waals surface area (Å²) in [4.78, 5) is 3.91. The molecule has 1 unspecified atom stereocenters. The molecule has 1 aliphatic rings. The van der Waals surface area contributed by atoms with E-state index in [-0.39, 0.29) is 0 Å². The Hall–Kier alpha value is -0.890. The summed E-state index contributed by atoms with van der Waals surface area (Å²) in [6.45, 7) is 1.18. The Labute approximate surface area is 85.7 Å². The summed E-state index contributed by atoms with van der Waals surface area (Å²) < 4.78 is 0. The molecule has 2 rings (SSSR count). The lowest BCUT2D eigenvalue weighted by atomic mass is 10.0. The molecular weight excluding hydrogens is 172 g/mol. The van der Waals surface area contributed by atoms with Crippen LogP contribution in [0.4, 0.5) is 0 Å². The quantitative estimate of drug-likeness (QED) is 0.769. The minimum Gasteiger partial charge on any atom is -0.314 e. The Morgan fingerprint density at radius 1 is 1.43 bits per heavy atom. The first-order chi connectivity index (χ1) is 6.95. The van der Waals surface area contributed by atoms with Crippen LogP contribution in [0.2, 0.25) is 0 Å². The topological polar surface area (TPSA) is 24.9 Å². The van der Waals surface area contributed by atoms with Gasteiger partial charge in [-0.25, -0.2) is 0 Å². The Balaban J connectivity index is 1.90. The van der Waals surface area contributed by atoms with Crippen molar-refractivity contribution in [2.45, 2.75) is 38.1 Å². The summed E-state index contributed by atoms with van der Waals surface area (Å²) in [5, 5.41) is 3.60. The summed E-state index contributed by atoms with van der Waals surface area (Å²) in [6, 6.07) is 4.74. The summed E-state index contributed by atoms with van der Waals surface area (Å²) in [6.07, 6.45) is 11.2. The first-order valence-corrected chi connectivity index (χ1v) is 5.49. The Morgan fingerprint density at radius 3 is 3.29 bits per heavy atom. The fourth-order valence-electron chi connectivity index (χ4n) is 2.03. The third-order valence-electron chi connectivity index (χ3n) is 2.83. The van der Waals surface area contributed by atoms with Gasteiger partial charge in [0.25, 0.3) is 0 Å². The zero-order valence-electron chi connectivity index (χ0n) is 8.50. The number of nitrogens with one attached hydrogen (secondary N) is 1. The van der Waals surface area contributed by atoms with Crippen molar-refractivity contribution in [3.8, 4) is 0 Å². The maximum absolute atomic E-state index is 3.91. The lowest BCUT2D eigenvalue weighted by Crippen LogP contribution is -2.30. The zero-order chi connectivity index (χ0) is 9.64. The molecule has 0 spiro atoms. The number of pyridine rings is 1. The Kier molecular flexibility index (Phi) is 3.52. The van der Waals surface area contributed by atoms with Crippen molar-refractivity contribution in [1.82, 2.24) is 10.3 Å². The fraction of sp³-hybridized carbons (Fsp3) is 0.583. The van der Waals surface area contributed by atoms with Crippen molar-refractivity contribution in [2.24, 2.45) is 0 Å². The van der Waals surface area contributed by atoms with Gasteiger partial charge < -0.3 is 5.32 Å². The third kappa shape index (κ3) is 2.81. The highest BCUT2D eigenvalue weighted by Gasteiger charge is 2.11. The van der Waals surface area contributed by atoms with Gasteiger partial charge in [0.1, 0.15) is 0 Å². The third-order valence-corrected chi connectivity index (χ3v) is 2.83. The minimum absolute atomic E-state index is 0.660. The van der Waals surface area contributed by atoms with Gasteiger partial charge in [0.15, 0.2) is 0 Å². The maximum Gasteiger partial charge on any atom is 0.0888 e. The van der Waals surface area contributed by atoms with Gasteiger partial charge in [-0.1, -0.05) is 12.8 Å². The van der Waals surface area contributed by atoms with E-state index in [4.69, 9.17) is 0 Å². The molecule has 14 heavy (non-hydrogen) atoms. The van der Waals surface area contributed by atoms with Crippen LogP contribution >= 0.6 is 0 Å². The second kappa shape index (κ2) is 5.11. The second-order valence-electron chi connectivity index (χ2n) is 4.00. The molecule has 1 aromatic rings. The van der Waals surface area contributed by atoms with E-state index >= 15 is 0 Å². The number of hydrogen-bond acceptors (Lipinski definition) is 2. The smallest absolute Gasteiger partial charge is 0.0888 e. The highest BCUT2D eigenvalue weighted by molar-refractivity contribution is 5.10. The monoisotopic (exact) mass is 189 g/mol. The van der Waals surface area contributed by atoms with Gasteiger partial charge in [0, 0.05) is 12.2 Å². The molecule has 2 heteroatoms. The normalized spacial score (nSPS) is 23.0. The van der Waals surface area contributed by atoms with Crippen LogP contribution in [-0.4, -0.2) is 17.6 Å². The van der Waals surface area contributed by atoms with Gasteiger partial charge in [0.05, 0.1) is 6.20 Å². The van der Waals surface area contributed by atoms with Crippen LogP contribution in [0.5, 0.6) is 0 Å². The number of nitrogens with zero attached hydrogens (tertiary/aromatic N) is 1. The van der Waals surface area contributed by atoms with Crippen molar-refractivity contribution in [2.75, 3.05) is 6.54 Å². The van der Waals surface area contributed by atoms with E-state index in [0.29, 0.717) is 6.04 Å². The maximum atomic E-state index is 3.91. The van der Waals surface area contributed by atoms with Crippen molar-refractivity contribution in [3.63, 3.8) is 0 Å². The molecule has 75 valence electrons. The molecule has 1 radical (unpaired) electrons. The van der Waals surface area contributed by atoms with Crippen LogP contribution in [-0.2, 0) is 6.42 Å². The highest BCUT2D eigenvalue weighted by Crippen LogP contribution is 2.12. The van der Waals surface area contributed by atoms with E-state index in [1.165, 1.54) is 37.8 Å². The van der Waals surface area contributed by atoms with Gasteiger partial charge in [-0.15, -0.1) is 0 Å². The molecular formula is C12H17N2. The summed E-state index contributed by atoms with van der Waals surface area (Å²) in [7, 11) is 0. The molecule has 0 bridgehead atoms. The molecule has 1 N–H and O–H groups in total. The summed E-state index contributed by atoms with van der Waals surface area (Å²) in [5.41, 5.74) is 1.35. The van der Waals surface area contributed by atoms with Crippen LogP contribution in [0.15, 0.2) is 18.3 Å². The van der Waals surface area contributed by atoms with Gasteiger partial charge in [0.2, 0.25) is 0 Å². The minimum atomic E-state index is 0.660. The molecule has 1 aliphatic heterocycles. The molecule has 1 saturated heterocycles. The second-order valence-corrected chi connectivity index (χ2v) is 4.00. The lowest BCUT2D eigenvalue weighted by molar-refractivity contribution is 0.507. The molecule has 2 heterocycles. The molecule has 0 aromatic carbocycles.